The van der Waals surface area contributed by atoms with Gasteiger partial charge in [0, 0.05) is 19.9 Å². The van der Waals surface area contributed by atoms with Gasteiger partial charge in [-0.25, -0.2) is 0 Å². The average molecular weight is 224 g/mol. The van der Waals surface area contributed by atoms with Crippen LogP contribution in [0.25, 0.3) is 0 Å². The van der Waals surface area contributed by atoms with E-state index in [9.17, 15) is 4.79 Å². The van der Waals surface area contributed by atoms with Gasteiger partial charge in [0.1, 0.15) is 5.54 Å². The molecule has 3 N–H and O–H groups in total. The van der Waals surface area contributed by atoms with Gasteiger partial charge in [-0.05, 0) is 12.5 Å². The molecule has 0 bridgehead atoms. The fourth-order valence-corrected chi connectivity index (χ4v) is 1.66. The Kier molecular flexibility index (Phi) is 2.93. The first-order valence-corrected chi connectivity index (χ1v) is 5.24. The SMILES string of the molecule is Cn1ccc(CNC(=O)C2(N)CCOC2)n1. The molecular formula is C10H16N4O2. The van der Waals surface area contributed by atoms with Crippen molar-refractivity contribution in [2.24, 2.45) is 12.8 Å². The highest BCUT2D eigenvalue weighted by Gasteiger charge is 2.37. The van der Waals surface area contributed by atoms with E-state index in [1.165, 1.54) is 0 Å². The summed E-state index contributed by atoms with van der Waals surface area (Å²) in [5.74, 6) is -0.171. The lowest BCUT2D eigenvalue weighted by Gasteiger charge is -2.20. The number of aromatic nitrogens is 2. The number of amides is 1. The Labute approximate surface area is 93.8 Å². The third kappa shape index (κ3) is 2.23. The van der Waals surface area contributed by atoms with Gasteiger partial charge in [-0.1, -0.05) is 0 Å². The van der Waals surface area contributed by atoms with Gasteiger partial charge < -0.3 is 15.8 Å². The molecule has 16 heavy (non-hydrogen) atoms. The summed E-state index contributed by atoms with van der Waals surface area (Å²) >= 11 is 0. The van der Waals surface area contributed by atoms with Crippen LogP contribution in [0.1, 0.15) is 12.1 Å². The Morgan fingerprint density at radius 3 is 3.19 bits per heavy atom. The highest BCUT2D eigenvalue weighted by molar-refractivity contribution is 5.86. The van der Waals surface area contributed by atoms with E-state index < -0.39 is 5.54 Å². The highest BCUT2D eigenvalue weighted by Crippen LogP contribution is 2.15. The van der Waals surface area contributed by atoms with E-state index in [1.807, 2.05) is 19.3 Å². The minimum absolute atomic E-state index is 0.171. The molecule has 1 aromatic rings. The first-order valence-electron chi connectivity index (χ1n) is 5.24. The van der Waals surface area contributed by atoms with Gasteiger partial charge in [0.05, 0.1) is 18.8 Å². The van der Waals surface area contributed by atoms with Crippen LogP contribution in [0.4, 0.5) is 0 Å². The smallest absolute Gasteiger partial charge is 0.242 e. The van der Waals surface area contributed by atoms with Crippen molar-refractivity contribution < 1.29 is 9.53 Å². The Morgan fingerprint density at radius 2 is 2.62 bits per heavy atom. The summed E-state index contributed by atoms with van der Waals surface area (Å²) in [7, 11) is 1.83. The quantitative estimate of drug-likeness (QED) is 0.701. The second kappa shape index (κ2) is 4.23. The van der Waals surface area contributed by atoms with Gasteiger partial charge in [0.2, 0.25) is 5.91 Å². The third-order valence-corrected chi connectivity index (χ3v) is 2.70. The molecule has 1 unspecified atom stereocenters. The van der Waals surface area contributed by atoms with Crippen molar-refractivity contribution in [3.63, 3.8) is 0 Å². The lowest BCUT2D eigenvalue weighted by molar-refractivity contribution is -0.126. The second-order valence-corrected chi connectivity index (χ2v) is 4.12. The van der Waals surface area contributed by atoms with Gasteiger partial charge >= 0.3 is 0 Å². The average Bonchev–Trinajstić information content (AvgIpc) is 2.85. The lowest BCUT2D eigenvalue weighted by Crippen LogP contribution is -2.54. The molecule has 0 aromatic carbocycles. The van der Waals surface area contributed by atoms with Crippen LogP contribution in [0.5, 0.6) is 0 Å². The molecule has 1 aromatic heterocycles. The van der Waals surface area contributed by atoms with E-state index >= 15 is 0 Å². The Hall–Kier alpha value is -1.40. The fourth-order valence-electron chi connectivity index (χ4n) is 1.66. The van der Waals surface area contributed by atoms with Crippen LogP contribution in [0.2, 0.25) is 0 Å². The zero-order valence-corrected chi connectivity index (χ0v) is 9.27. The maximum absolute atomic E-state index is 11.8. The largest absolute Gasteiger partial charge is 0.379 e. The number of aryl methyl sites for hydroxylation is 1. The summed E-state index contributed by atoms with van der Waals surface area (Å²) < 4.78 is 6.82. The van der Waals surface area contributed by atoms with E-state index in [0.717, 1.165) is 5.69 Å². The van der Waals surface area contributed by atoms with E-state index in [1.54, 1.807) is 4.68 Å². The molecule has 88 valence electrons. The van der Waals surface area contributed by atoms with Gasteiger partial charge in [-0.2, -0.15) is 5.10 Å². The van der Waals surface area contributed by atoms with Gasteiger partial charge in [-0.15, -0.1) is 0 Å². The summed E-state index contributed by atoms with van der Waals surface area (Å²) in [6.07, 6.45) is 2.40. The van der Waals surface area contributed by atoms with Gasteiger partial charge in [-0.3, -0.25) is 9.48 Å². The van der Waals surface area contributed by atoms with Crippen LogP contribution in [0.15, 0.2) is 12.3 Å². The van der Waals surface area contributed by atoms with Gasteiger partial charge in [0.25, 0.3) is 0 Å². The molecule has 0 radical (unpaired) electrons. The molecule has 6 heteroatoms. The lowest BCUT2D eigenvalue weighted by atomic mass is 9.99. The number of hydrogen-bond donors (Lipinski definition) is 2. The topological polar surface area (TPSA) is 82.2 Å². The van der Waals surface area contributed by atoms with E-state index in [0.29, 0.717) is 26.2 Å². The number of hydrogen-bond acceptors (Lipinski definition) is 4. The molecule has 1 amide bonds. The molecule has 1 aliphatic heterocycles. The molecule has 1 aliphatic rings. The number of nitrogens with two attached hydrogens (primary N) is 1. The number of carbonyl (C=O) groups is 1. The highest BCUT2D eigenvalue weighted by atomic mass is 16.5. The number of nitrogens with zero attached hydrogens (tertiary/aromatic N) is 2. The number of rotatable bonds is 3. The molecule has 1 saturated heterocycles. The first kappa shape index (κ1) is 11.1. The Morgan fingerprint density at radius 1 is 1.81 bits per heavy atom. The number of nitrogens with one attached hydrogen (secondary N) is 1. The predicted octanol–water partition coefficient (Wildman–Crippen LogP) is -0.846. The third-order valence-electron chi connectivity index (χ3n) is 2.70. The van der Waals surface area contributed by atoms with Crippen molar-refractivity contribution in [1.82, 2.24) is 15.1 Å². The van der Waals surface area contributed by atoms with Crippen molar-refractivity contribution in [3.8, 4) is 0 Å². The maximum atomic E-state index is 11.8. The van der Waals surface area contributed by atoms with Crippen LogP contribution in [-0.4, -0.2) is 34.4 Å². The van der Waals surface area contributed by atoms with Crippen molar-refractivity contribution >= 4 is 5.91 Å². The van der Waals surface area contributed by atoms with Crippen molar-refractivity contribution in [2.75, 3.05) is 13.2 Å². The first-order chi connectivity index (χ1) is 7.60. The second-order valence-electron chi connectivity index (χ2n) is 4.12. The van der Waals surface area contributed by atoms with E-state index in [4.69, 9.17) is 10.5 Å². The van der Waals surface area contributed by atoms with Crippen molar-refractivity contribution in [2.45, 2.75) is 18.5 Å². The van der Waals surface area contributed by atoms with Crippen molar-refractivity contribution in [1.29, 1.82) is 0 Å². The minimum Gasteiger partial charge on any atom is -0.379 e. The summed E-state index contributed by atoms with van der Waals surface area (Å²) in [5.41, 5.74) is 5.86. The zero-order valence-electron chi connectivity index (χ0n) is 9.27. The predicted molar refractivity (Wildman–Crippen MR) is 57.4 cm³/mol. The molecule has 0 saturated carbocycles. The standard InChI is InChI=1S/C10H16N4O2/c1-14-4-2-8(13-14)6-12-9(15)10(11)3-5-16-7-10/h2,4H,3,5-7,11H2,1H3,(H,12,15). The van der Waals surface area contributed by atoms with E-state index in [-0.39, 0.29) is 5.91 Å². The molecule has 2 heterocycles. The summed E-state index contributed by atoms with van der Waals surface area (Å²) in [6.45, 7) is 1.24. The molecule has 6 nitrogen and oxygen atoms in total. The number of ether oxygens (including phenoxy) is 1. The Balaban J connectivity index is 1.88. The Bertz CT molecular complexity index is 382. The van der Waals surface area contributed by atoms with Crippen LogP contribution >= 0.6 is 0 Å². The molecule has 1 fully saturated rings. The van der Waals surface area contributed by atoms with Crippen LogP contribution in [-0.2, 0) is 23.1 Å². The molecular weight excluding hydrogens is 208 g/mol. The molecule has 1 atom stereocenters. The fraction of sp³-hybridized carbons (Fsp3) is 0.600. The monoisotopic (exact) mass is 224 g/mol. The molecule has 2 rings (SSSR count). The van der Waals surface area contributed by atoms with E-state index in [2.05, 4.69) is 10.4 Å². The number of carbonyl (C=O) groups excluding carboxylic acids is 1. The van der Waals surface area contributed by atoms with Gasteiger partial charge in [0.15, 0.2) is 0 Å². The summed E-state index contributed by atoms with van der Waals surface area (Å²) in [6, 6.07) is 1.86. The molecule has 0 spiro atoms. The zero-order chi connectivity index (χ0) is 11.6. The van der Waals surface area contributed by atoms with Crippen LogP contribution in [0, 0.1) is 0 Å². The summed E-state index contributed by atoms with van der Waals surface area (Å²) in [5, 5.41) is 6.94. The summed E-state index contributed by atoms with van der Waals surface area (Å²) in [4.78, 5) is 11.8. The maximum Gasteiger partial charge on any atom is 0.242 e. The van der Waals surface area contributed by atoms with Crippen molar-refractivity contribution in [3.05, 3.63) is 18.0 Å². The van der Waals surface area contributed by atoms with Crippen LogP contribution < -0.4 is 11.1 Å². The van der Waals surface area contributed by atoms with Crippen LogP contribution in [0.3, 0.4) is 0 Å². The molecule has 0 aliphatic carbocycles. The minimum atomic E-state index is -0.866. The normalized spacial score (nSPS) is 24.6.